The maximum absolute atomic E-state index is 8.29. The zero-order chi connectivity index (χ0) is 12.7. The van der Waals surface area contributed by atoms with Gasteiger partial charge in [0.15, 0.2) is 0 Å². The van der Waals surface area contributed by atoms with Gasteiger partial charge in [0.1, 0.15) is 23.2 Å². The van der Waals surface area contributed by atoms with Crippen LogP contribution >= 0.6 is 0 Å². The first-order valence-electron chi connectivity index (χ1n) is 2.35. The number of rotatable bonds is 0. The van der Waals surface area contributed by atoms with Gasteiger partial charge >= 0.3 is 11.6 Å². The summed E-state index contributed by atoms with van der Waals surface area (Å²) in [4.78, 5) is 24.0. The lowest BCUT2D eigenvalue weighted by Gasteiger charge is -0.947. The molecule has 8 heteroatoms. The molecule has 0 fully saturated rings. The summed E-state index contributed by atoms with van der Waals surface area (Å²) in [5.41, 5.74) is 0. The standard InChI is InChI=1S/3CH2O.2CH4.2H3N.O2S/c3*1-2;;;;;1-3-2/h3*1H2;2*1H4;2*1H3;/i/hD2. The monoisotopic (exact) mass is 222 g/mol. The van der Waals surface area contributed by atoms with E-state index in [1.54, 1.807) is 0 Å². The molecule has 0 aromatic carbocycles. The van der Waals surface area contributed by atoms with Crippen LogP contribution in [0.2, 0.25) is 2.82 Å². The van der Waals surface area contributed by atoms with Gasteiger partial charge in [-0.05, 0) is 0 Å². The third-order valence-electron chi connectivity index (χ3n) is 0. The smallest absolute Gasteiger partial charge is 0.335 e. The summed E-state index contributed by atoms with van der Waals surface area (Å²) < 4.78 is 27.1. The Morgan fingerprint density at radius 1 is 0.769 bits per heavy atom. The molecule has 0 aliphatic carbocycles. The van der Waals surface area contributed by atoms with E-state index in [2.05, 4.69) is 12.3 Å². The van der Waals surface area contributed by atoms with Crippen LogP contribution in [0.5, 0.6) is 0 Å². The molecule has 0 saturated carbocycles. The molecule has 86 valence electrons. The summed E-state index contributed by atoms with van der Waals surface area (Å²) >= 11 is -0.750. The minimum absolute atomic E-state index is 0. The van der Waals surface area contributed by atoms with Crippen molar-refractivity contribution in [2.75, 3.05) is 0 Å². The lowest BCUT2D eigenvalue weighted by Crippen LogP contribution is -1.18. The van der Waals surface area contributed by atoms with Crippen molar-refractivity contribution >= 4 is 31.9 Å². The Morgan fingerprint density at radius 3 is 0.769 bits per heavy atom. The van der Waals surface area contributed by atoms with Crippen molar-refractivity contribution in [3.05, 3.63) is 0 Å². The Hall–Kier alpha value is -1.25. The lowest BCUT2D eigenvalue weighted by molar-refractivity contribution is -0.0987. The van der Waals surface area contributed by atoms with Crippen molar-refractivity contribution in [1.82, 2.24) is 12.3 Å². The molecule has 0 radical (unpaired) electrons. The summed E-state index contributed by atoms with van der Waals surface area (Å²) in [6.07, 6.45) is 7.50. The highest BCUT2D eigenvalue weighted by Gasteiger charge is 1.12. The second kappa shape index (κ2) is 16400. The van der Waals surface area contributed by atoms with Crippen LogP contribution < -0.4 is 12.3 Å². The van der Waals surface area contributed by atoms with Gasteiger partial charge in [-0.2, -0.15) is 8.42 Å². The number of hydrogen-bond acceptors (Lipinski definition) is 7. The fourth-order valence-corrected chi connectivity index (χ4v) is 0. The molecule has 0 spiro atoms. The van der Waals surface area contributed by atoms with E-state index in [1.807, 2.05) is 20.4 Å². The van der Waals surface area contributed by atoms with E-state index in [0.717, 1.165) is 0 Å². The zero-order valence-electron chi connectivity index (χ0n) is 7.73. The van der Waals surface area contributed by atoms with Crippen LogP contribution in [0.25, 0.3) is 0 Å². The Morgan fingerprint density at radius 2 is 0.769 bits per heavy atom. The summed E-state index contributed by atoms with van der Waals surface area (Å²) in [5.74, 6) is 0. The highest BCUT2D eigenvalue weighted by molar-refractivity contribution is 7.51. The molecule has 0 amide bonds. The van der Waals surface area contributed by atoms with E-state index < -0.39 is 11.6 Å². The molecule has 0 unspecified atom stereocenters. The van der Waals surface area contributed by atoms with Gasteiger partial charge in [0, 0.05) is 0 Å². The Balaban J connectivity index is -0.00000000643. The van der Waals surface area contributed by atoms with Gasteiger partial charge in [0.05, 0.1) is 0 Å². The molecule has 0 saturated heterocycles. The normalized spacial score (nSPS) is 2.92. The maximum atomic E-state index is 8.29. The number of hydrogen-bond donors (Lipinski definition) is 2. The molecular formula is C5H20N2O5S. The minimum atomic E-state index is -0.750. The molecule has 6 N–H and O–H groups in total. The van der Waals surface area contributed by atoms with Crippen molar-refractivity contribution in [3.8, 4) is 0 Å². The summed E-state index contributed by atoms with van der Waals surface area (Å²) in [7, 11) is 0. The molecule has 0 aromatic rings. The molecule has 0 bridgehead atoms. The average molecular weight is 222 g/mol. The third kappa shape index (κ3) is 527. The zero-order valence-corrected chi connectivity index (χ0v) is 6.54. The van der Waals surface area contributed by atoms with E-state index in [0.29, 0.717) is 0 Å². The highest BCUT2D eigenvalue weighted by atomic mass is 32.1. The largest absolute Gasteiger partial charge is 0.344 e. The number of carbonyl (C=O) groups is 3. The minimum Gasteiger partial charge on any atom is -0.344 e. The molecule has 0 aromatic heterocycles. The second-order valence-corrected chi connectivity index (χ2v) is 0.204. The summed E-state index contributed by atoms with van der Waals surface area (Å²) in [6.45, 7) is 6.00. The van der Waals surface area contributed by atoms with Crippen LogP contribution in [-0.2, 0) is 26.0 Å². The van der Waals surface area contributed by atoms with Gasteiger partial charge in [0.2, 0.25) is 0 Å². The van der Waals surface area contributed by atoms with E-state index in [-0.39, 0.29) is 14.9 Å². The molecule has 0 rings (SSSR count). The quantitative estimate of drug-likeness (QED) is 0.599. The van der Waals surface area contributed by atoms with Gasteiger partial charge in [-0.3, -0.25) is 0 Å². The molecule has 0 heterocycles. The fourth-order valence-electron chi connectivity index (χ4n) is 0. The van der Waals surface area contributed by atoms with E-state index in [1.165, 1.54) is 0 Å². The van der Waals surface area contributed by atoms with Crippen LogP contribution in [-0.4, -0.2) is 28.8 Å². The summed E-state index contributed by atoms with van der Waals surface area (Å²) in [6, 6.07) is 0. The van der Waals surface area contributed by atoms with Crippen molar-refractivity contribution in [1.29, 1.82) is 0 Å². The Bertz CT molecular complexity index is 73.7. The van der Waals surface area contributed by atoms with Crippen molar-refractivity contribution < 1.29 is 25.6 Å². The van der Waals surface area contributed by atoms with Crippen LogP contribution in [0, 0.1) is 0 Å². The first-order chi connectivity index (χ1) is 6.41. The Labute approximate surface area is 85.6 Å². The second-order valence-electron chi connectivity index (χ2n) is 0.0680. The predicted octanol–water partition coefficient (Wildman–Crippen LogP) is 0.371. The van der Waals surface area contributed by atoms with Crippen molar-refractivity contribution in [2.45, 2.75) is 14.9 Å². The van der Waals surface area contributed by atoms with Crippen molar-refractivity contribution in [3.63, 3.8) is 0 Å². The molecular weight excluding hydrogens is 200 g/mol. The Kier molecular flexibility index (Phi) is 51700. The fraction of sp³-hybridized carbons (Fsp3) is 0.400. The lowest BCUT2D eigenvalue weighted by atomic mass is 11.9. The van der Waals surface area contributed by atoms with Crippen LogP contribution in [0.3, 0.4) is 0 Å². The topological polar surface area (TPSA) is 155 Å². The average Bonchev–Trinajstić information content (AvgIpc) is 2.32. The van der Waals surface area contributed by atoms with Gasteiger partial charge in [-0.25, -0.2) is 0 Å². The molecule has 0 atom stereocenters. The molecule has 0 aliphatic heterocycles. The molecule has 7 nitrogen and oxygen atoms in total. The van der Waals surface area contributed by atoms with E-state index in [9.17, 15) is 0 Å². The van der Waals surface area contributed by atoms with Gasteiger partial charge in [0.25, 0.3) is 0 Å². The van der Waals surface area contributed by atoms with Gasteiger partial charge in [-0.15, -0.1) is 0 Å². The van der Waals surface area contributed by atoms with Crippen molar-refractivity contribution in [2.24, 2.45) is 0 Å². The SMILES string of the molecule is C.C.C=O.C=O.C=O.O=S=O.[2H]N.[2H]N. The van der Waals surface area contributed by atoms with E-state index >= 15 is 0 Å². The predicted molar refractivity (Wildman–Crippen MR) is 53.8 cm³/mol. The van der Waals surface area contributed by atoms with Gasteiger partial charge in [-0.1, -0.05) is 14.9 Å². The van der Waals surface area contributed by atoms with Crippen LogP contribution in [0.15, 0.2) is 0 Å². The maximum Gasteiger partial charge on any atom is 0.335 e. The number of carbonyl (C=O) groups excluding carboxylic acids is 3. The molecule has 13 heavy (non-hydrogen) atoms. The van der Waals surface area contributed by atoms with Crippen LogP contribution in [0.4, 0.5) is 0 Å². The molecule has 0 aliphatic rings. The van der Waals surface area contributed by atoms with Gasteiger partial charge < -0.3 is 26.7 Å². The first-order valence-corrected chi connectivity index (χ1v) is 1.87. The summed E-state index contributed by atoms with van der Waals surface area (Å²) in [5, 5.41) is 0. The highest BCUT2D eigenvalue weighted by Crippen LogP contribution is 0.846. The third-order valence-corrected chi connectivity index (χ3v) is 0. The van der Waals surface area contributed by atoms with E-state index in [4.69, 9.17) is 25.6 Å². The first kappa shape index (κ1) is 41.1. The van der Waals surface area contributed by atoms with Crippen LogP contribution in [0.1, 0.15) is 14.9 Å².